The molecule has 2 atom stereocenters. The summed E-state index contributed by atoms with van der Waals surface area (Å²) in [5.74, 6) is 0.848. The minimum Gasteiger partial charge on any atom is -0.496 e. The van der Waals surface area contributed by atoms with Gasteiger partial charge in [0.25, 0.3) is 0 Å². The lowest BCUT2D eigenvalue weighted by atomic mass is 10.1. The largest absolute Gasteiger partial charge is 0.496 e. The van der Waals surface area contributed by atoms with Gasteiger partial charge in [0, 0.05) is 12.6 Å². The molecule has 1 heterocycles. The van der Waals surface area contributed by atoms with E-state index in [1.807, 2.05) is 12.1 Å². The monoisotopic (exact) mass is 285 g/mol. The van der Waals surface area contributed by atoms with Crippen molar-refractivity contribution >= 4 is 15.9 Å². The first-order valence-corrected chi connectivity index (χ1v) is 6.18. The summed E-state index contributed by atoms with van der Waals surface area (Å²) < 4.78 is 11.9. The van der Waals surface area contributed by atoms with Crippen molar-refractivity contribution in [1.29, 1.82) is 0 Å². The summed E-state index contributed by atoms with van der Waals surface area (Å²) in [5, 5.41) is 3.41. The second kappa shape index (κ2) is 5.17. The molecule has 2 unspecified atom stereocenters. The topological polar surface area (TPSA) is 30.5 Å². The second-order valence-corrected chi connectivity index (χ2v) is 4.88. The summed E-state index contributed by atoms with van der Waals surface area (Å²) >= 11 is 3.48. The highest BCUT2D eigenvalue weighted by molar-refractivity contribution is 9.10. The Morgan fingerprint density at radius 3 is 2.88 bits per heavy atom. The van der Waals surface area contributed by atoms with Crippen LogP contribution < -0.4 is 10.1 Å². The molecular weight excluding hydrogens is 270 g/mol. The molecule has 1 aliphatic rings. The zero-order valence-electron chi connectivity index (χ0n) is 9.50. The van der Waals surface area contributed by atoms with Crippen LogP contribution in [0.3, 0.4) is 0 Å². The van der Waals surface area contributed by atoms with Gasteiger partial charge in [0.15, 0.2) is 0 Å². The van der Waals surface area contributed by atoms with Crippen LogP contribution in [0.15, 0.2) is 22.7 Å². The van der Waals surface area contributed by atoms with Crippen molar-refractivity contribution in [3.63, 3.8) is 0 Å². The molecular formula is C12H16BrNO2. The summed E-state index contributed by atoms with van der Waals surface area (Å²) in [7, 11) is 1.67. The number of rotatable bonds is 2. The highest BCUT2D eigenvalue weighted by Gasteiger charge is 2.20. The van der Waals surface area contributed by atoms with Gasteiger partial charge in [-0.25, -0.2) is 0 Å². The first-order valence-electron chi connectivity index (χ1n) is 5.39. The Kier molecular flexibility index (Phi) is 3.84. The van der Waals surface area contributed by atoms with Gasteiger partial charge in [-0.2, -0.15) is 0 Å². The molecule has 0 aliphatic carbocycles. The van der Waals surface area contributed by atoms with Crippen LogP contribution in [-0.2, 0) is 4.74 Å². The zero-order chi connectivity index (χ0) is 11.5. The van der Waals surface area contributed by atoms with Gasteiger partial charge in [-0.3, -0.25) is 0 Å². The summed E-state index contributed by atoms with van der Waals surface area (Å²) in [6.45, 7) is 3.74. The Morgan fingerprint density at radius 1 is 1.50 bits per heavy atom. The van der Waals surface area contributed by atoms with Gasteiger partial charge >= 0.3 is 0 Å². The maximum Gasteiger partial charge on any atom is 0.133 e. The minimum absolute atomic E-state index is 0.137. The maximum atomic E-state index is 5.78. The number of nitrogens with one attached hydrogen (secondary N) is 1. The molecule has 1 N–H and O–H groups in total. The van der Waals surface area contributed by atoms with Crippen molar-refractivity contribution in [3.8, 4) is 5.75 Å². The summed E-state index contributed by atoms with van der Waals surface area (Å²) in [5.41, 5.74) is 1.17. The number of ether oxygens (including phenoxy) is 2. The van der Waals surface area contributed by atoms with Crippen LogP contribution in [0.5, 0.6) is 5.75 Å². The number of hydrogen-bond donors (Lipinski definition) is 1. The van der Waals surface area contributed by atoms with E-state index < -0.39 is 0 Å². The van der Waals surface area contributed by atoms with E-state index in [-0.39, 0.29) is 6.10 Å². The van der Waals surface area contributed by atoms with Gasteiger partial charge in [0.2, 0.25) is 0 Å². The Balaban J connectivity index is 2.12. The maximum absolute atomic E-state index is 5.78. The van der Waals surface area contributed by atoms with Gasteiger partial charge in [-0.05, 0) is 40.5 Å². The lowest BCUT2D eigenvalue weighted by molar-refractivity contribution is 0.00690. The van der Waals surface area contributed by atoms with E-state index in [0.717, 1.165) is 23.4 Å². The van der Waals surface area contributed by atoms with Crippen LogP contribution in [0.25, 0.3) is 0 Å². The van der Waals surface area contributed by atoms with Crippen LogP contribution in [-0.4, -0.2) is 26.3 Å². The highest BCUT2D eigenvalue weighted by atomic mass is 79.9. The predicted octanol–water partition coefficient (Wildman–Crippen LogP) is 2.51. The normalized spacial score (nSPS) is 25.4. The average Bonchev–Trinajstić information content (AvgIpc) is 2.30. The van der Waals surface area contributed by atoms with E-state index in [1.165, 1.54) is 5.56 Å². The summed E-state index contributed by atoms with van der Waals surface area (Å²) in [6, 6.07) is 6.51. The predicted molar refractivity (Wildman–Crippen MR) is 66.9 cm³/mol. The van der Waals surface area contributed by atoms with Crippen molar-refractivity contribution in [2.45, 2.75) is 19.1 Å². The third-order valence-electron chi connectivity index (χ3n) is 2.75. The van der Waals surface area contributed by atoms with Gasteiger partial charge in [-0.15, -0.1) is 0 Å². The van der Waals surface area contributed by atoms with Gasteiger partial charge < -0.3 is 14.8 Å². The van der Waals surface area contributed by atoms with Gasteiger partial charge in [0.1, 0.15) is 5.75 Å². The number of methoxy groups -OCH3 is 1. The Morgan fingerprint density at radius 2 is 2.31 bits per heavy atom. The molecule has 1 aromatic carbocycles. The molecule has 0 bridgehead atoms. The number of benzene rings is 1. The molecule has 1 fully saturated rings. The van der Waals surface area contributed by atoms with E-state index in [1.54, 1.807) is 7.11 Å². The quantitative estimate of drug-likeness (QED) is 0.906. The average molecular weight is 286 g/mol. The molecule has 0 spiro atoms. The fourth-order valence-corrected chi connectivity index (χ4v) is 2.34. The molecule has 1 aromatic rings. The van der Waals surface area contributed by atoms with E-state index in [4.69, 9.17) is 9.47 Å². The van der Waals surface area contributed by atoms with E-state index in [0.29, 0.717) is 6.04 Å². The molecule has 16 heavy (non-hydrogen) atoms. The van der Waals surface area contributed by atoms with Crippen LogP contribution in [0.1, 0.15) is 18.6 Å². The first kappa shape index (κ1) is 11.9. The minimum atomic E-state index is 0.137. The van der Waals surface area contributed by atoms with Crippen molar-refractivity contribution in [3.05, 3.63) is 28.2 Å². The Hall–Kier alpha value is -0.580. The SMILES string of the molecule is COc1ccc(C2CNC(C)CO2)cc1Br. The van der Waals surface area contributed by atoms with Crippen LogP contribution >= 0.6 is 15.9 Å². The molecule has 3 nitrogen and oxygen atoms in total. The van der Waals surface area contributed by atoms with Gasteiger partial charge in [0.05, 0.1) is 24.3 Å². The molecule has 0 aromatic heterocycles. The second-order valence-electron chi connectivity index (χ2n) is 4.03. The molecule has 0 radical (unpaired) electrons. The van der Waals surface area contributed by atoms with Crippen LogP contribution in [0.4, 0.5) is 0 Å². The number of hydrogen-bond acceptors (Lipinski definition) is 3. The van der Waals surface area contributed by atoms with Crippen molar-refractivity contribution in [1.82, 2.24) is 5.32 Å². The molecule has 1 saturated heterocycles. The number of halogens is 1. The Labute approximate surface area is 104 Å². The third-order valence-corrected chi connectivity index (χ3v) is 3.37. The fraction of sp³-hybridized carbons (Fsp3) is 0.500. The van der Waals surface area contributed by atoms with Crippen LogP contribution in [0.2, 0.25) is 0 Å². The molecule has 88 valence electrons. The van der Waals surface area contributed by atoms with E-state index in [9.17, 15) is 0 Å². The molecule has 1 aliphatic heterocycles. The standard InChI is InChI=1S/C12H16BrNO2/c1-8-7-16-12(6-14-8)9-3-4-11(15-2)10(13)5-9/h3-5,8,12,14H,6-7H2,1-2H3. The fourth-order valence-electron chi connectivity index (χ4n) is 1.78. The zero-order valence-corrected chi connectivity index (χ0v) is 11.1. The van der Waals surface area contributed by atoms with E-state index in [2.05, 4.69) is 34.2 Å². The van der Waals surface area contributed by atoms with Crippen LogP contribution in [0, 0.1) is 0 Å². The summed E-state index contributed by atoms with van der Waals surface area (Å²) in [4.78, 5) is 0. The van der Waals surface area contributed by atoms with Crippen molar-refractivity contribution in [2.75, 3.05) is 20.3 Å². The molecule has 2 rings (SSSR count). The van der Waals surface area contributed by atoms with Crippen molar-refractivity contribution in [2.24, 2.45) is 0 Å². The van der Waals surface area contributed by atoms with Crippen molar-refractivity contribution < 1.29 is 9.47 Å². The smallest absolute Gasteiger partial charge is 0.133 e. The lowest BCUT2D eigenvalue weighted by Gasteiger charge is -2.28. The third kappa shape index (κ3) is 2.56. The van der Waals surface area contributed by atoms with Gasteiger partial charge in [-0.1, -0.05) is 6.07 Å². The molecule has 0 amide bonds. The summed E-state index contributed by atoms with van der Waals surface area (Å²) in [6.07, 6.45) is 0.137. The lowest BCUT2D eigenvalue weighted by Crippen LogP contribution is -2.40. The molecule has 4 heteroatoms. The molecule has 0 saturated carbocycles. The first-order chi connectivity index (χ1) is 7.70. The number of morpholine rings is 1. The highest BCUT2D eigenvalue weighted by Crippen LogP contribution is 2.29. The Bertz CT molecular complexity index is 362. The van der Waals surface area contributed by atoms with E-state index >= 15 is 0 Å².